The van der Waals surface area contributed by atoms with Gasteiger partial charge in [-0.25, -0.2) is 0 Å². The van der Waals surface area contributed by atoms with E-state index in [0.717, 1.165) is 15.6 Å². The molecule has 1 unspecified atom stereocenters. The summed E-state index contributed by atoms with van der Waals surface area (Å²) < 4.78 is 0.881. The summed E-state index contributed by atoms with van der Waals surface area (Å²) in [5.41, 5.74) is 3.10. The molecule has 0 N–H and O–H groups in total. The number of hydrogen-bond donors (Lipinski definition) is 0. The molecule has 0 saturated heterocycles. The molecule has 2 aromatic carbocycles. The molecule has 0 aliphatic rings. The summed E-state index contributed by atoms with van der Waals surface area (Å²) in [6.07, 6.45) is 1.06. The summed E-state index contributed by atoms with van der Waals surface area (Å²) in [5, 5.41) is 9.31. The van der Waals surface area contributed by atoms with Crippen LogP contribution in [0.15, 0.2) is 53.0 Å². The zero-order valence-corrected chi connectivity index (χ0v) is 13.4. The molecule has 3 heteroatoms. The number of ketones is 1. The Balaban J connectivity index is 2.08. The minimum atomic E-state index is -0.688. The van der Waals surface area contributed by atoms with Crippen LogP contribution in [0.1, 0.15) is 29.0 Å². The quantitative estimate of drug-likeness (QED) is 0.799. The van der Waals surface area contributed by atoms with Gasteiger partial charge in [0.15, 0.2) is 5.78 Å². The number of halogens is 1. The minimum Gasteiger partial charge on any atom is -0.298 e. The largest absolute Gasteiger partial charge is 0.298 e. The highest BCUT2D eigenvalue weighted by Crippen LogP contribution is 2.22. The number of benzene rings is 2. The maximum Gasteiger partial charge on any atom is 0.154 e. The van der Waals surface area contributed by atoms with E-state index in [2.05, 4.69) is 22.0 Å². The van der Waals surface area contributed by atoms with Crippen molar-refractivity contribution in [3.05, 3.63) is 69.7 Å². The molecule has 2 aromatic rings. The first-order valence-electron chi connectivity index (χ1n) is 6.84. The van der Waals surface area contributed by atoms with Crippen molar-refractivity contribution in [2.45, 2.75) is 25.7 Å². The molecule has 21 heavy (non-hydrogen) atoms. The van der Waals surface area contributed by atoms with Crippen molar-refractivity contribution in [1.29, 1.82) is 5.26 Å². The molecule has 106 valence electrons. The van der Waals surface area contributed by atoms with E-state index < -0.39 is 5.92 Å². The van der Waals surface area contributed by atoms with E-state index in [1.807, 2.05) is 55.5 Å². The van der Waals surface area contributed by atoms with Crippen molar-refractivity contribution in [3.8, 4) is 6.07 Å². The molecule has 0 heterocycles. The van der Waals surface area contributed by atoms with Crippen LogP contribution in [0.25, 0.3) is 0 Å². The van der Waals surface area contributed by atoms with Gasteiger partial charge in [0, 0.05) is 10.9 Å². The molecular weight excluding hydrogens is 326 g/mol. The van der Waals surface area contributed by atoms with Crippen LogP contribution >= 0.6 is 15.9 Å². The van der Waals surface area contributed by atoms with Crippen LogP contribution in [-0.2, 0) is 11.2 Å². The zero-order valence-electron chi connectivity index (χ0n) is 11.8. The van der Waals surface area contributed by atoms with Crippen LogP contribution in [0.4, 0.5) is 0 Å². The number of aryl methyl sites for hydroxylation is 2. The molecule has 0 radical (unpaired) electrons. The summed E-state index contributed by atoms with van der Waals surface area (Å²) in [5.74, 6) is -0.717. The van der Waals surface area contributed by atoms with Gasteiger partial charge in [0.05, 0.1) is 6.07 Å². The maximum absolute atomic E-state index is 12.3. The van der Waals surface area contributed by atoms with E-state index in [1.54, 1.807) is 0 Å². The van der Waals surface area contributed by atoms with Crippen molar-refractivity contribution >= 4 is 21.7 Å². The topological polar surface area (TPSA) is 40.9 Å². The maximum atomic E-state index is 12.3. The highest BCUT2D eigenvalue weighted by molar-refractivity contribution is 9.10. The Morgan fingerprint density at radius 1 is 1.24 bits per heavy atom. The van der Waals surface area contributed by atoms with Crippen LogP contribution < -0.4 is 0 Å². The molecule has 2 rings (SSSR count). The first-order chi connectivity index (χ1) is 10.1. The first-order valence-corrected chi connectivity index (χ1v) is 7.63. The molecule has 0 aliphatic heterocycles. The van der Waals surface area contributed by atoms with Gasteiger partial charge in [-0.15, -0.1) is 0 Å². The number of carbonyl (C=O) groups excluding carboxylic acids is 1. The Hall–Kier alpha value is -1.92. The number of hydrogen-bond acceptors (Lipinski definition) is 2. The molecule has 0 spiro atoms. The smallest absolute Gasteiger partial charge is 0.154 e. The number of nitrogens with zero attached hydrogens (tertiary/aromatic N) is 1. The number of nitriles is 1. The lowest BCUT2D eigenvalue weighted by atomic mass is 9.92. The summed E-state index contributed by atoms with van der Waals surface area (Å²) >= 11 is 3.37. The van der Waals surface area contributed by atoms with Gasteiger partial charge in [-0.05, 0) is 42.2 Å². The van der Waals surface area contributed by atoms with E-state index in [9.17, 15) is 10.1 Å². The second-order valence-electron chi connectivity index (χ2n) is 5.01. The lowest BCUT2D eigenvalue weighted by Gasteiger charge is -2.10. The van der Waals surface area contributed by atoms with Gasteiger partial charge in [-0.3, -0.25) is 4.79 Å². The third-order valence-electron chi connectivity index (χ3n) is 3.54. The van der Waals surface area contributed by atoms with Gasteiger partial charge in [-0.2, -0.15) is 5.26 Å². The SMILES string of the molecule is Cc1ccccc1CCC(=O)C(C#N)c1cccc(Br)c1. The molecule has 1 atom stereocenters. The molecule has 0 fully saturated rings. The normalized spacial score (nSPS) is 11.7. The average molecular weight is 342 g/mol. The number of rotatable bonds is 5. The van der Waals surface area contributed by atoms with Crippen LogP contribution in [0.3, 0.4) is 0 Å². The summed E-state index contributed by atoms with van der Waals surface area (Å²) in [4.78, 5) is 12.3. The Kier molecular flexibility index (Phi) is 5.30. The van der Waals surface area contributed by atoms with Crippen LogP contribution in [0.5, 0.6) is 0 Å². The van der Waals surface area contributed by atoms with Crippen LogP contribution in [0, 0.1) is 18.3 Å². The standard InChI is InChI=1S/C18H16BrNO/c1-13-5-2-3-6-14(13)9-10-18(21)17(12-20)15-7-4-8-16(19)11-15/h2-8,11,17H,9-10H2,1H3. The average Bonchev–Trinajstić information content (AvgIpc) is 2.47. The Bertz CT molecular complexity index is 688. The van der Waals surface area contributed by atoms with Crippen molar-refractivity contribution in [3.63, 3.8) is 0 Å². The fraction of sp³-hybridized carbons (Fsp3) is 0.222. The molecule has 0 aliphatic carbocycles. The highest BCUT2D eigenvalue weighted by atomic mass is 79.9. The predicted molar refractivity (Wildman–Crippen MR) is 87.0 cm³/mol. The Morgan fingerprint density at radius 2 is 2.00 bits per heavy atom. The third kappa shape index (κ3) is 4.03. The highest BCUT2D eigenvalue weighted by Gasteiger charge is 2.20. The second-order valence-corrected chi connectivity index (χ2v) is 5.93. The van der Waals surface area contributed by atoms with Crippen molar-refractivity contribution in [2.24, 2.45) is 0 Å². The molecule has 0 bridgehead atoms. The van der Waals surface area contributed by atoms with E-state index in [0.29, 0.717) is 12.8 Å². The molecule has 0 amide bonds. The fourth-order valence-electron chi connectivity index (χ4n) is 2.31. The van der Waals surface area contributed by atoms with Crippen molar-refractivity contribution < 1.29 is 4.79 Å². The second kappa shape index (κ2) is 7.19. The lowest BCUT2D eigenvalue weighted by Crippen LogP contribution is -2.12. The molecule has 2 nitrogen and oxygen atoms in total. The van der Waals surface area contributed by atoms with Crippen LogP contribution in [-0.4, -0.2) is 5.78 Å². The van der Waals surface area contributed by atoms with Gasteiger partial charge in [0.2, 0.25) is 0 Å². The van der Waals surface area contributed by atoms with Crippen LogP contribution in [0.2, 0.25) is 0 Å². The lowest BCUT2D eigenvalue weighted by molar-refractivity contribution is -0.119. The van der Waals surface area contributed by atoms with E-state index in [4.69, 9.17) is 0 Å². The van der Waals surface area contributed by atoms with Gasteiger partial charge in [-0.1, -0.05) is 52.3 Å². The number of carbonyl (C=O) groups is 1. The first kappa shape index (κ1) is 15.5. The van der Waals surface area contributed by atoms with E-state index >= 15 is 0 Å². The summed E-state index contributed by atoms with van der Waals surface area (Å²) in [6.45, 7) is 2.04. The molecule has 0 aromatic heterocycles. The van der Waals surface area contributed by atoms with E-state index in [-0.39, 0.29) is 5.78 Å². The zero-order chi connectivity index (χ0) is 15.2. The van der Waals surface area contributed by atoms with Gasteiger partial charge in [0.1, 0.15) is 5.92 Å². The monoisotopic (exact) mass is 341 g/mol. The van der Waals surface area contributed by atoms with Gasteiger partial charge >= 0.3 is 0 Å². The molecule has 0 saturated carbocycles. The summed E-state index contributed by atoms with van der Waals surface area (Å²) in [7, 11) is 0. The minimum absolute atomic E-state index is 0.0288. The number of Topliss-reactive ketones (excluding diaryl/α,β-unsaturated/α-hetero) is 1. The third-order valence-corrected chi connectivity index (χ3v) is 4.03. The Labute approximate surface area is 133 Å². The predicted octanol–water partition coefficient (Wildman–Crippen LogP) is 4.57. The summed E-state index contributed by atoms with van der Waals surface area (Å²) in [6, 6.07) is 17.5. The fourth-order valence-corrected chi connectivity index (χ4v) is 2.73. The van der Waals surface area contributed by atoms with Crippen molar-refractivity contribution in [1.82, 2.24) is 0 Å². The molecular formula is C18H16BrNO. The van der Waals surface area contributed by atoms with E-state index in [1.165, 1.54) is 5.56 Å². The van der Waals surface area contributed by atoms with Crippen molar-refractivity contribution in [2.75, 3.05) is 0 Å². The van der Waals surface area contributed by atoms with Gasteiger partial charge in [0.25, 0.3) is 0 Å². The van der Waals surface area contributed by atoms with Gasteiger partial charge < -0.3 is 0 Å². The Morgan fingerprint density at radius 3 is 2.67 bits per heavy atom.